The van der Waals surface area contributed by atoms with Crippen LogP contribution in [0.5, 0.6) is 0 Å². The first-order chi connectivity index (χ1) is 11.3. The minimum Gasteiger partial charge on any atom is -0.388 e. The SMILES string of the molecule is CNc1ccc(-c2cn3c(n2)sc2cc(NOC)ccc23)cc1. The van der Waals surface area contributed by atoms with Crippen LogP contribution in [0.2, 0.25) is 0 Å². The summed E-state index contributed by atoms with van der Waals surface area (Å²) in [6, 6.07) is 14.4. The summed E-state index contributed by atoms with van der Waals surface area (Å²) in [5, 5.41) is 3.13. The van der Waals surface area contributed by atoms with Crippen molar-refractivity contribution in [2.24, 2.45) is 0 Å². The predicted molar refractivity (Wildman–Crippen MR) is 96.2 cm³/mol. The van der Waals surface area contributed by atoms with Crippen LogP contribution in [0, 0.1) is 0 Å². The average Bonchev–Trinajstić information content (AvgIpc) is 3.12. The fourth-order valence-electron chi connectivity index (χ4n) is 2.63. The molecule has 0 fully saturated rings. The van der Waals surface area contributed by atoms with Gasteiger partial charge < -0.3 is 5.32 Å². The second-order valence-corrected chi connectivity index (χ2v) is 6.21. The van der Waals surface area contributed by atoms with E-state index in [0.29, 0.717) is 0 Å². The van der Waals surface area contributed by atoms with Crippen LogP contribution < -0.4 is 10.8 Å². The van der Waals surface area contributed by atoms with Crippen molar-refractivity contribution < 1.29 is 4.84 Å². The highest BCUT2D eigenvalue weighted by molar-refractivity contribution is 7.23. The van der Waals surface area contributed by atoms with Crippen molar-refractivity contribution in [3.05, 3.63) is 48.7 Å². The zero-order valence-corrected chi connectivity index (χ0v) is 13.6. The molecule has 4 aromatic rings. The Hall–Kier alpha value is -2.57. The number of rotatable bonds is 4. The average molecular weight is 324 g/mol. The normalized spacial score (nSPS) is 11.2. The molecule has 2 N–H and O–H groups in total. The first-order valence-corrected chi connectivity index (χ1v) is 8.09. The summed E-state index contributed by atoms with van der Waals surface area (Å²) in [5.74, 6) is 0. The molecule has 5 nitrogen and oxygen atoms in total. The zero-order valence-electron chi connectivity index (χ0n) is 12.8. The lowest BCUT2D eigenvalue weighted by atomic mass is 10.1. The minimum atomic E-state index is 0.937. The summed E-state index contributed by atoms with van der Waals surface area (Å²) in [6.45, 7) is 0. The molecule has 0 aliphatic heterocycles. The van der Waals surface area contributed by atoms with Crippen molar-refractivity contribution in [3.63, 3.8) is 0 Å². The highest BCUT2D eigenvalue weighted by Crippen LogP contribution is 2.31. The van der Waals surface area contributed by atoms with Gasteiger partial charge in [0.25, 0.3) is 0 Å². The molecule has 0 saturated carbocycles. The lowest BCUT2D eigenvalue weighted by Crippen LogP contribution is -1.94. The molecule has 2 aromatic carbocycles. The molecular formula is C17H16N4OS. The van der Waals surface area contributed by atoms with Crippen molar-refractivity contribution in [3.8, 4) is 11.3 Å². The van der Waals surface area contributed by atoms with E-state index in [2.05, 4.69) is 57.8 Å². The Morgan fingerprint density at radius 1 is 1.09 bits per heavy atom. The molecular weight excluding hydrogens is 308 g/mol. The Labute approximate surface area is 137 Å². The molecule has 23 heavy (non-hydrogen) atoms. The number of hydrogen-bond donors (Lipinski definition) is 2. The summed E-state index contributed by atoms with van der Waals surface area (Å²) >= 11 is 1.67. The Kier molecular flexibility index (Phi) is 3.40. The summed E-state index contributed by atoms with van der Waals surface area (Å²) in [4.78, 5) is 10.7. The van der Waals surface area contributed by atoms with Gasteiger partial charge >= 0.3 is 0 Å². The van der Waals surface area contributed by atoms with Gasteiger partial charge in [0.1, 0.15) is 0 Å². The molecule has 0 unspecified atom stereocenters. The van der Waals surface area contributed by atoms with Crippen LogP contribution in [0.1, 0.15) is 0 Å². The van der Waals surface area contributed by atoms with Gasteiger partial charge in [-0.3, -0.25) is 14.7 Å². The molecule has 0 radical (unpaired) electrons. The largest absolute Gasteiger partial charge is 0.388 e. The Morgan fingerprint density at radius 2 is 1.87 bits per heavy atom. The zero-order chi connectivity index (χ0) is 15.8. The van der Waals surface area contributed by atoms with Crippen LogP contribution in [0.3, 0.4) is 0 Å². The fraction of sp³-hybridized carbons (Fsp3) is 0.118. The van der Waals surface area contributed by atoms with Gasteiger partial charge in [-0.05, 0) is 30.3 Å². The van der Waals surface area contributed by atoms with Crippen LogP contribution in [-0.4, -0.2) is 23.5 Å². The van der Waals surface area contributed by atoms with E-state index in [1.165, 1.54) is 4.70 Å². The third-order valence-corrected chi connectivity index (χ3v) is 4.80. The van der Waals surface area contributed by atoms with Gasteiger partial charge in [0.15, 0.2) is 4.96 Å². The Morgan fingerprint density at radius 3 is 2.61 bits per heavy atom. The van der Waals surface area contributed by atoms with Crippen LogP contribution in [0.25, 0.3) is 26.4 Å². The van der Waals surface area contributed by atoms with Gasteiger partial charge in [-0.15, -0.1) is 0 Å². The lowest BCUT2D eigenvalue weighted by Gasteiger charge is -2.02. The maximum Gasteiger partial charge on any atom is 0.195 e. The number of imidazole rings is 1. The molecule has 0 atom stereocenters. The van der Waals surface area contributed by atoms with Crippen LogP contribution in [0.4, 0.5) is 11.4 Å². The van der Waals surface area contributed by atoms with E-state index in [9.17, 15) is 0 Å². The standard InChI is InChI=1S/C17H16N4OS/c1-18-12-5-3-11(4-6-12)14-10-21-15-8-7-13(20-22-2)9-16(15)23-17(21)19-14/h3-10,18,20H,1-2H3. The van der Waals surface area contributed by atoms with Gasteiger partial charge in [-0.1, -0.05) is 23.5 Å². The number of thiazole rings is 1. The predicted octanol–water partition coefficient (Wildman–Crippen LogP) is 4.23. The molecule has 2 aromatic heterocycles. The lowest BCUT2D eigenvalue weighted by molar-refractivity contribution is 0.271. The van der Waals surface area contributed by atoms with Crippen LogP contribution >= 0.6 is 11.3 Å². The van der Waals surface area contributed by atoms with Gasteiger partial charge in [0.2, 0.25) is 0 Å². The van der Waals surface area contributed by atoms with Gasteiger partial charge in [0.05, 0.1) is 28.7 Å². The third kappa shape index (κ3) is 2.42. The molecule has 4 rings (SSSR count). The summed E-state index contributed by atoms with van der Waals surface area (Å²) in [5.41, 5.74) is 8.14. The maximum absolute atomic E-state index is 4.96. The van der Waals surface area contributed by atoms with Gasteiger partial charge in [-0.25, -0.2) is 4.98 Å². The van der Waals surface area contributed by atoms with E-state index in [0.717, 1.165) is 33.1 Å². The van der Waals surface area contributed by atoms with Crippen molar-refractivity contribution in [1.29, 1.82) is 0 Å². The highest BCUT2D eigenvalue weighted by atomic mass is 32.1. The Balaban J connectivity index is 1.78. The second-order valence-electron chi connectivity index (χ2n) is 5.20. The molecule has 0 spiro atoms. The molecule has 2 heterocycles. The van der Waals surface area contributed by atoms with E-state index in [4.69, 9.17) is 9.82 Å². The van der Waals surface area contributed by atoms with Crippen molar-refractivity contribution in [2.75, 3.05) is 25.0 Å². The minimum absolute atomic E-state index is 0.937. The number of benzene rings is 2. The summed E-state index contributed by atoms with van der Waals surface area (Å²) in [6.07, 6.45) is 2.09. The molecule has 0 saturated heterocycles. The first kappa shape index (κ1) is 14.0. The first-order valence-electron chi connectivity index (χ1n) is 7.27. The number of nitrogens with zero attached hydrogens (tertiary/aromatic N) is 2. The monoisotopic (exact) mass is 324 g/mol. The summed E-state index contributed by atoms with van der Waals surface area (Å²) in [7, 11) is 3.53. The van der Waals surface area contributed by atoms with Gasteiger partial charge in [-0.2, -0.15) is 0 Å². The third-order valence-electron chi connectivity index (χ3n) is 3.78. The second kappa shape index (κ2) is 5.57. The quantitative estimate of drug-likeness (QED) is 0.552. The molecule has 0 bridgehead atoms. The van der Waals surface area contributed by atoms with E-state index in [1.807, 2.05) is 13.1 Å². The molecule has 0 amide bonds. The van der Waals surface area contributed by atoms with Gasteiger partial charge in [0, 0.05) is 24.5 Å². The summed E-state index contributed by atoms with van der Waals surface area (Å²) < 4.78 is 3.31. The fourth-order valence-corrected chi connectivity index (χ4v) is 3.68. The number of fused-ring (bicyclic) bond motifs is 3. The maximum atomic E-state index is 4.96. The number of nitrogens with one attached hydrogen (secondary N) is 2. The van der Waals surface area contributed by atoms with E-state index >= 15 is 0 Å². The number of hydrogen-bond acceptors (Lipinski definition) is 5. The van der Waals surface area contributed by atoms with Crippen molar-refractivity contribution in [2.45, 2.75) is 0 Å². The molecule has 0 aliphatic carbocycles. The van der Waals surface area contributed by atoms with E-state index < -0.39 is 0 Å². The topological polar surface area (TPSA) is 50.6 Å². The Bertz CT molecular complexity index is 972. The van der Waals surface area contributed by atoms with Crippen molar-refractivity contribution in [1.82, 2.24) is 9.38 Å². The van der Waals surface area contributed by atoms with Crippen molar-refractivity contribution >= 4 is 37.9 Å². The smallest absolute Gasteiger partial charge is 0.195 e. The molecule has 0 aliphatic rings. The molecule has 116 valence electrons. The van der Waals surface area contributed by atoms with E-state index in [-0.39, 0.29) is 0 Å². The van der Waals surface area contributed by atoms with Crippen LogP contribution in [0.15, 0.2) is 48.7 Å². The number of anilines is 2. The number of aromatic nitrogens is 2. The van der Waals surface area contributed by atoms with E-state index in [1.54, 1.807) is 18.4 Å². The highest BCUT2D eigenvalue weighted by Gasteiger charge is 2.10. The molecule has 6 heteroatoms. The van der Waals surface area contributed by atoms with Crippen LogP contribution in [-0.2, 0) is 4.84 Å².